The zero-order valence-corrected chi connectivity index (χ0v) is 17.5. The van der Waals surface area contributed by atoms with Gasteiger partial charge in [-0.25, -0.2) is 8.93 Å². The van der Waals surface area contributed by atoms with E-state index in [9.17, 15) is 22.2 Å². The minimum absolute atomic E-state index is 0.0138. The Morgan fingerprint density at radius 1 is 1.07 bits per heavy atom. The van der Waals surface area contributed by atoms with Crippen molar-refractivity contribution in [1.82, 2.24) is 14.9 Å². The summed E-state index contributed by atoms with van der Waals surface area (Å²) >= 11 is 0. The van der Waals surface area contributed by atoms with Crippen LogP contribution in [-0.4, -0.2) is 46.2 Å². The molecule has 3 rings (SSSR count). The minimum atomic E-state index is -4.40. The van der Waals surface area contributed by atoms with Crippen molar-refractivity contribution in [3.63, 3.8) is 0 Å². The van der Waals surface area contributed by atoms with Crippen LogP contribution in [0.2, 0.25) is 0 Å². The number of hydrogen-bond donors (Lipinski definition) is 2. The van der Waals surface area contributed by atoms with Crippen LogP contribution in [0, 0.1) is 5.92 Å². The van der Waals surface area contributed by atoms with Gasteiger partial charge >= 0.3 is 6.18 Å². The second-order valence-corrected chi connectivity index (χ2v) is 9.30. The van der Waals surface area contributed by atoms with E-state index >= 15 is 0 Å². The number of hydrogen-bond acceptors (Lipinski definition) is 3. The third kappa shape index (κ3) is 5.38. The van der Waals surface area contributed by atoms with Crippen LogP contribution in [0.1, 0.15) is 45.1 Å². The number of carbonyl (C=O) groups is 1. The summed E-state index contributed by atoms with van der Waals surface area (Å²) < 4.78 is 53.4. The first kappa shape index (κ1) is 22.2. The molecule has 2 N–H and O–H groups in total. The van der Waals surface area contributed by atoms with Crippen molar-refractivity contribution >= 4 is 16.9 Å². The van der Waals surface area contributed by atoms with Gasteiger partial charge in [0.1, 0.15) is 11.0 Å². The second kappa shape index (κ2) is 9.14. The molecule has 0 bridgehead atoms. The third-order valence-electron chi connectivity index (χ3n) is 5.83. The minimum Gasteiger partial charge on any atom is -0.334 e. The second-order valence-electron chi connectivity index (χ2n) is 8.06. The van der Waals surface area contributed by atoms with Crippen LogP contribution < -0.4 is 10.0 Å². The number of rotatable bonds is 4. The van der Waals surface area contributed by atoms with Crippen molar-refractivity contribution in [2.24, 2.45) is 5.92 Å². The molecule has 2 aliphatic rings. The molecule has 1 saturated heterocycles. The molecule has 3 atom stereocenters. The lowest BCUT2D eigenvalue weighted by Gasteiger charge is -2.42. The number of halogens is 3. The number of nitrogens with one attached hydrogen (secondary N) is 2. The van der Waals surface area contributed by atoms with Gasteiger partial charge in [0, 0.05) is 37.1 Å². The Bertz CT molecular complexity index is 723. The largest absolute Gasteiger partial charge is 0.416 e. The van der Waals surface area contributed by atoms with Crippen LogP contribution in [0.3, 0.4) is 0 Å². The summed E-state index contributed by atoms with van der Waals surface area (Å²) in [7, 11) is -1.57. The Kier molecular flexibility index (Phi) is 7.01. The van der Waals surface area contributed by atoms with Crippen LogP contribution in [0.4, 0.5) is 13.2 Å². The van der Waals surface area contributed by atoms with Crippen molar-refractivity contribution in [3.05, 3.63) is 29.8 Å². The van der Waals surface area contributed by atoms with E-state index in [1.54, 1.807) is 0 Å². The van der Waals surface area contributed by atoms with Crippen molar-refractivity contribution < 1.29 is 22.2 Å². The summed E-state index contributed by atoms with van der Waals surface area (Å²) in [6.45, 7) is 5.72. The van der Waals surface area contributed by atoms with Gasteiger partial charge in [-0.1, -0.05) is 0 Å². The molecule has 1 amide bonds. The zero-order valence-electron chi connectivity index (χ0n) is 16.7. The molecule has 0 radical (unpaired) electrons. The van der Waals surface area contributed by atoms with E-state index in [-0.39, 0.29) is 30.0 Å². The van der Waals surface area contributed by atoms with Crippen LogP contribution in [0.5, 0.6) is 0 Å². The van der Waals surface area contributed by atoms with Crippen LogP contribution in [0.15, 0.2) is 29.2 Å². The number of amides is 1. The monoisotopic (exact) mass is 431 g/mol. The van der Waals surface area contributed by atoms with Crippen molar-refractivity contribution in [1.29, 1.82) is 0 Å². The van der Waals surface area contributed by atoms with E-state index in [0.29, 0.717) is 4.90 Å². The van der Waals surface area contributed by atoms with Gasteiger partial charge < -0.3 is 10.2 Å². The van der Waals surface area contributed by atoms with Gasteiger partial charge in [-0.05, 0) is 63.8 Å². The third-order valence-corrected chi connectivity index (χ3v) is 7.08. The number of benzene rings is 1. The van der Waals surface area contributed by atoms with Crippen LogP contribution in [0.25, 0.3) is 0 Å². The van der Waals surface area contributed by atoms with Crippen LogP contribution >= 0.6 is 0 Å². The molecule has 5 nitrogen and oxygen atoms in total. The molecule has 1 saturated carbocycles. The van der Waals surface area contributed by atoms with Crippen molar-refractivity contribution in [3.8, 4) is 0 Å². The molecule has 2 fully saturated rings. The average molecular weight is 432 g/mol. The van der Waals surface area contributed by atoms with E-state index in [4.69, 9.17) is 0 Å². The topological polar surface area (TPSA) is 61.4 Å². The SMILES string of the molecule is C[C@@H]1CNC[C@H](C)N1C(=O)C1CCC(NS(=O)c2ccc(C(F)(F)F)cc2)CC1. The number of alkyl halides is 3. The first-order chi connectivity index (χ1) is 13.7. The molecule has 1 aliphatic carbocycles. The highest BCUT2D eigenvalue weighted by Crippen LogP contribution is 2.30. The van der Waals surface area contributed by atoms with Gasteiger partial charge in [0.15, 0.2) is 0 Å². The Morgan fingerprint density at radius 2 is 1.62 bits per heavy atom. The molecule has 1 aromatic carbocycles. The quantitative estimate of drug-likeness (QED) is 0.770. The predicted octanol–water partition coefficient (Wildman–Crippen LogP) is 3.09. The molecule has 1 unspecified atom stereocenters. The Balaban J connectivity index is 1.52. The smallest absolute Gasteiger partial charge is 0.334 e. The van der Waals surface area contributed by atoms with E-state index in [0.717, 1.165) is 50.9 Å². The molecule has 1 heterocycles. The molecule has 9 heteroatoms. The molecule has 29 heavy (non-hydrogen) atoms. The molecule has 162 valence electrons. The molecule has 1 aliphatic heterocycles. The van der Waals surface area contributed by atoms with Crippen LogP contribution in [-0.2, 0) is 22.0 Å². The summed E-state index contributed by atoms with van der Waals surface area (Å²) in [5.74, 6) is 0.185. The van der Waals surface area contributed by atoms with Crippen molar-refractivity contribution in [2.45, 2.75) is 68.7 Å². The maximum absolute atomic E-state index is 13.0. The maximum atomic E-state index is 13.0. The molecule has 0 spiro atoms. The molecule has 0 aromatic heterocycles. The normalized spacial score (nSPS) is 29.5. The summed E-state index contributed by atoms with van der Waals surface area (Å²) in [5.41, 5.74) is -0.756. The fourth-order valence-electron chi connectivity index (χ4n) is 4.22. The standard InChI is InChI=1S/C20H28F3N3O2S/c1-13-11-24-12-14(2)26(13)19(27)15-3-7-17(8-4-15)25-29(28)18-9-5-16(6-10-18)20(21,22)23/h5-6,9-10,13-15,17,24-25H,3-4,7-8,11-12H2,1-2H3/t13-,14+,15?,17?,29?. The zero-order chi connectivity index (χ0) is 21.2. The summed E-state index contributed by atoms with van der Waals surface area (Å²) in [5, 5.41) is 3.33. The van der Waals surface area contributed by atoms with Crippen molar-refractivity contribution in [2.75, 3.05) is 13.1 Å². The highest BCUT2D eigenvalue weighted by molar-refractivity contribution is 7.83. The fraction of sp³-hybridized carbons (Fsp3) is 0.650. The van der Waals surface area contributed by atoms with Gasteiger partial charge in [-0.2, -0.15) is 13.2 Å². The predicted molar refractivity (Wildman–Crippen MR) is 105 cm³/mol. The van der Waals surface area contributed by atoms with E-state index < -0.39 is 22.7 Å². The summed E-state index contributed by atoms with van der Waals surface area (Å²) in [6.07, 6.45) is -1.51. The number of carbonyl (C=O) groups excluding carboxylic acids is 1. The van der Waals surface area contributed by atoms with Gasteiger partial charge in [0.25, 0.3) is 0 Å². The highest BCUT2D eigenvalue weighted by atomic mass is 32.2. The molecular weight excluding hydrogens is 403 g/mol. The van der Waals surface area contributed by atoms with E-state index in [1.165, 1.54) is 12.1 Å². The fourth-order valence-corrected chi connectivity index (χ4v) is 5.28. The maximum Gasteiger partial charge on any atom is 0.416 e. The molecular formula is C20H28F3N3O2S. The van der Waals surface area contributed by atoms with E-state index in [1.807, 2.05) is 4.90 Å². The lowest BCUT2D eigenvalue weighted by atomic mass is 9.85. The Hall–Kier alpha value is -1.45. The van der Waals surface area contributed by atoms with Gasteiger partial charge in [-0.3, -0.25) is 4.79 Å². The lowest BCUT2D eigenvalue weighted by molar-refractivity contribution is -0.142. The van der Waals surface area contributed by atoms with E-state index in [2.05, 4.69) is 23.9 Å². The van der Waals surface area contributed by atoms with Gasteiger partial charge in [0.2, 0.25) is 5.91 Å². The average Bonchev–Trinajstić information content (AvgIpc) is 2.67. The summed E-state index contributed by atoms with van der Waals surface area (Å²) in [4.78, 5) is 15.3. The Morgan fingerprint density at radius 3 is 2.14 bits per heavy atom. The number of nitrogens with zero attached hydrogens (tertiary/aromatic N) is 1. The number of piperazine rings is 1. The first-order valence-corrected chi connectivity index (χ1v) is 11.2. The first-order valence-electron chi connectivity index (χ1n) is 10.0. The van der Waals surface area contributed by atoms with Gasteiger partial charge in [-0.15, -0.1) is 0 Å². The highest BCUT2D eigenvalue weighted by Gasteiger charge is 2.35. The van der Waals surface area contributed by atoms with Gasteiger partial charge in [0.05, 0.1) is 10.5 Å². The Labute approximate surface area is 172 Å². The lowest BCUT2D eigenvalue weighted by Crippen LogP contribution is -2.58. The summed E-state index contributed by atoms with van der Waals surface area (Å²) in [6, 6.07) is 4.71. The molecule has 1 aromatic rings.